The van der Waals surface area contributed by atoms with Gasteiger partial charge >= 0.3 is 0 Å². The number of ether oxygens (including phenoxy) is 2. The molecule has 2 rings (SSSR count). The van der Waals surface area contributed by atoms with Crippen molar-refractivity contribution in [2.24, 2.45) is 0 Å². The van der Waals surface area contributed by atoms with Gasteiger partial charge in [0.1, 0.15) is 19.3 Å². The first kappa shape index (κ1) is 13.1. The van der Waals surface area contributed by atoms with E-state index in [0.29, 0.717) is 13.2 Å². The predicted octanol–water partition coefficient (Wildman–Crippen LogP) is 2.05. The van der Waals surface area contributed by atoms with E-state index in [9.17, 15) is 0 Å². The van der Waals surface area contributed by atoms with Crippen LogP contribution in [0, 0.1) is 11.3 Å². The lowest BCUT2D eigenvalue weighted by atomic mass is 10.3. The van der Waals surface area contributed by atoms with Gasteiger partial charge in [0.15, 0.2) is 11.5 Å². The van der Waals surface area contributed by atoms with Crippen LogP contribution in [-0.4, -0.2) is 31.6 Å². The van der Waals surface area contributed by atoms with E-state index >= 15 is 0 Å². The minimum atomic E-state index is -0.117. The molecule has 0 fully saturated rings. The normalized spacial score (nSPS) is 14.9. The number of nitrogens with one attached hydrogen (secondary N) is 1. The molecular weight excluding hydrogens is 248 g/mol. The van der Waals surface area contributed by atoms with Crippen LogP contribution in [-0.2, 0) is 0 Å². The van der Waals surface area contributed by atoms with E-state index in [4.69, 9.17) is 14.7 Å². The molecule has 5 heteroatoms. The molecule has 1 N–H and O–H groups in total. The number of hydrogen-bond donors (Lipinski definition) is 1. The third-order valence-electron chi connectivity index (χ3n) is 2.54. The monoisotopic (exact) mass is 264 g/mol. The molecule has 0 aromatic heterocycles. The lowest BCUT2D eigenvalue weighted by Crippen LogP contribution is -2.29. The first-order valence-corrected chi connectivity index (χ1v) is 6.97. The minimum absolute atomic E-state index is 0.117. The highest BCUT2D eigenvalue weighted by Gasteiger charge is 2.13. The van der Waals surface area contributed by atoms with Crippen LogP contribution in [0.5, 0.6) is 11.5 Å². The summed E-state index contributed by atoms with van der Waals surface area (Å²) in [6, 6.07) is 8.02. The Kier molecular flexibility index (Phi) is 4.73. The summed E-state index contributed by atoms with van der Waals surface area (Å²) in [6.45, 7) is 4.01. The quantitative estimate of drug-likeness (QED) is 0.825. The molecule has 18 heavy (non-hydrogen) atoms. The standard InChI is InChI=1S/C13H16N2O2S/c1-2-15-10(8-14)9-18-11-3-4-12-13(7-11)17-6-5-16-12/h3-4,7,10,15H,2,5-6,9H2,1H3. The Bertz CT molecular complexity index is 445. The second-order valence-corrected chi connectivity index (χ2v) is 4.95. The molecule has 1 aromatic rings. The van der Waals surface area contributed by atoms with E-state index < -0.39 is 0 Å². The summed E-state index contributed by atoms with van der Waals surface area (Å²) in [5.41, 5.74) is 0. The maximum absolute atomic E-state index is 8.96. The van der Waals surface area contributed by atoms with E-state index in [1.165, 1.54) is 0 Å². The zero-order valence-corrected chi connectivity index (χ0v) is 11.1. The van der Waals surface area contributed by atoms with Gasteiger partial charge in [0.05, 0.1) is 6.07 Å². The Morgan fingerprint density at radius 2 is 2.17 bits per heavy atom. The SMILES string of the molecule is CCNC(C#N)CSc1ccc2c(c1)OCCO2. The molecule has 0 spiro atoms. The molecule has 0 radical (unpaired) electrons. The summed E-state index contributed by atoms with van der Waals surface area (Å²) < 4.78 is 11.0. The lowest BCUT2D eigenvalue weighted by Gasteiger charge is -2.19. The average molecular weight is 264 g/mol. The van der Waals surface area contributed by atoms with E-state index in [-0.39, 0.29) is 6.04 Å². The highest BCUT2D eigenvalue weighted by atomic mass is 32.2. The third-order valence-corrected chi connectivity index (χ3v) is 3.62. The summed E-state index contributed by atoms with van der Waals surface area (Å²) in [4.78, 5) is 1.09. The van der Waals surface area contributed by atoms with Crippen LogP contribution in [0.3, 0.4) is 0 Å². The number of nitriles is 1. The highest BCUT2D eigenvalue weighted by Crippen LogP contribution is 2.34. The number of fused-ring (bicyclic) bond motifs is 1. The van der Waals surface area contributed by atoms with Gasteiger partial charge in [-0.05, 0) is 24.7 Å². The van der Waals surface area contributed by atoms with Crippen molar-refractivity contribution < 1.29 is 9.47 Å². The van der Waals surface area contributed by atoms with Gasteiger partial charge in [-0.15, -0.1) is 11.8 Å². The van der Waals surface area contributed by atoms with Gasteiger partial charge in [-0.25, -0.2) is 0 Å². The van der Waals surface area contributed by atoms with E-state index in [2.05, 4.69) is 11.4 Å². The van der Waals surface area contributed by atoms with E-state index in [0.717, 1.165) is 28.7 Å². The molecule has 1 aliphatic rings. The van der Waals surface area contributed by atoms with Crippen molar-refractivity contribution in [1.82, 2.24) is 5.32 Å². The molecule has 1 unspecified atom stereocenters. The molecule has 1 aliphatic heterocycles. The van der Waals surface area contributed by atoms with Crippen LogP contribution < -0.4 is 14.8 Å². The largest absolute Gasteiger partial charge is 0.486 e. The Balaban J connectivity index is 1.95. The van der Waals surface area contributed by atoms with Crippen molar-refractivity contribution in [2.45, 2.75) is 17.9 Å². The third kappa shape index (κ3) is 3.31. The molecule has 1 heterocycles. The summed E-state index contributed by atoms with van der Waals surface area (Å²) in [5, 5.41) is 12.1. The van der Waals surface area contributed by atoms with Crippen molar-refractivity contribution in [3.63, 3.8) is 0 Å². The van der Waals surface area contributed by atoms with Crippen molar-refractivity contribution in [1.29, 1.82) is 5.26 Å². The molecule has 96 valence electrons. The van der Waals surface area contributed by atoms with Gasteiger partial charge in [-0.2, -0.15) is 5.26 Å². The Morgan fingerprint density at radius 3 is 2.89 bits per heavy atom. The van der Waals surface area contributed by atoms with Crippen LogP contribution in [0.2, 0.25) is 0 Å². The summed E-state index contributed by atoms with van der Waals surface area (Å²) in [5.74, 6) is 2.32. The molecular formula is C13H16N2O2S. The molecule has 0 saturated carbocycles. The second kappa shape index (κ2) is 6.53. The van der Waals surface area contributed by atoms with Gasteiger partial charge in [0.25, 0.3) is 0 Å². The summed E-state index contributed by atoms with van der Waals surface area (Å²) in [6.07, 6.45) is 0. The maximum Gasteiger partial charge on any atom is 0.162 e. The Hall–Kier alpha value is -1.38. The van der Waals surface area contributed by atoms with Gasteiger partial charge in [-0.3, -0.25) is 0 Å². The Morgan fingerprint density at radius 1 is 1.39 bits per heavy atom. The van der Waals surface area contributed by atoms with Crippen molar-refractivity contribution in [2.75, 3.05) is 25.5 Å². The molecule has 0 amide bonds. The zero-order chi connectivity index (χ0) is 12.8. The topological polar surface area (TPSA) is 54.3 Å². The maximum atomic E-state index is 8.96. The van der Waals surface area contributed by atoms with Gasteiger partial charge < -0.3 is 14.8 Å². The van der Waals surface area contributed by atoms with Crippen LogP contribution >= 0.6 is 11.8 Å². The van der Waals surface area contributed by atoms with Crippen molar-refractivity contribution in [3.05, 3.63) is 18.2 Å². The first-order chi connectivity index (χ1) is 8.83. The average Bonchev–Trinajstić information content (AvgIpc) is 2.43. The predicted molar refractivity (Wildman–Crippen MR) is 71.2 cm³/mol. The number of thioether (sulfide) groups is 1. The highest BCUT2D eigenvalue weighted by molar-refractivity contribution is 7.99. The molecule has 0 saturated heterocycles. The molecule has 1 atom stereocenters. The van der Waals surface area contributed by atoms with Crippen LogP contribution in [0.25, 0.3) is 0 Å². The van der Waals surface area contributed by atoms with Gasteiger partial charge in [-0.1, -0.05) is 6.92 Å². The first-order valence-electron chi connectivity index (χ1n) is 5.99. The molecule has 0 aliphatic carbocycles. The van der Waals surface area contributed by atoms with Gasteiger partial charge in [0, 0.05) is 10.6 Å². The van der Waals surface area contributed by atoms with Gasteiger partial charge in [0.2, 0.25) is 0 Å². The molecule has 4 nitrogen and oxygen atoms in total. The second-order valence-electron chi connectivity index (χ2n) is 3.86. The fourth-order valence-electron chi connectivity index (χ4n) is 1.68. The number of benzene rings is 1. The molecule has 0 bridgehead atoms. The fraction of sp³-hybridized carbons (Fsp3) is 0.462. The van der Waals surface area contributed by atoms with Crippen LogP contribution in [0.15, 0.2) is 23.1 Å². The van der Waals surface area contributed by atoms with E-state index in [1.807, 2.05) is 25.1 Å². The van der Waals surface area contributed by atoms with Crippen molar-refractivity contribution in [3.8, 4) is 17.6 Å². The summed E-state index contributed by atoms with van der Waals surface area (Å²) >= 11 is 1.65. The smallest absolute Gasteiger partial charge is 0.162 e. The van der Waals surface area contributed by atoms with Crippen molar-refractivity contribution >= 4 is 11.8 Å². The zero-order valence-electron chi connectivity index (χ0n) is 10.3. The minimum Gasteiger partial charge on any atom is -0.486 e. The van der Waals surface area contributed by atoms with E-state index in [1.54, 1.807) is 11.8 Å². The summed E-state index contributed by atoms with van der Waals surface area (Å²) in [7, 11) is 0. The Labute approximate surface area is 111 Å². The lowest BCUT2D eigenvalue weighted by molar-refractivity contribution is 0.171. The number of nitrogens with zero attached hydrogens (tertiary/aromatic N) is 1. The van der Waals surface area contributed by atoms with Crippen LogP contribution in [0.4, 0.5) is 0 Å². The fourth-order valence-corrected chi connectivity index (χ4v) is 2.59. The molecule has 1 aromatic carbocycles. The number of rotatable bonds is 5. The van der Waals surface area contributed by atoms with Crippen LogP contribution in [0.1, 0.15) is 6.92 Å². The number of hydrogen-bond acceptors (Lipinski definition) is 5.